The quantitative estimate of drug-likeness (QED) is 0.579. The Bertz CT molecular complexity index is 792. The molecule has 0 amide bonds. The van der Waals surface area contributed by atoms with E-state index in [9.17, 15) is 8.78 Å². The first-order valence-electron chi connectivity index (χ1n) is 9.10. The standard InChI is InChI=1S/C18H22F2N4OS2/c1-25-14-10-12(4-7-15(14)27-16(19)20)11-26-18-22-21-17(23-8-2-3-9-23)24(18)13-5-6-13/h4,7,10,13,16H,2-3,5-6,8-9,11H2,1H3. The molecule has 5 nitrogen and oxygen atoms in total. The molecule has 1 aliphatic heterocycles. The monoisotopic (exact) mass is 412 g/mol. The zero-order valence-corrected chi connectivity index (χ0v) is 16.7. The molecule has 1 aromatic heterocycles. The van der Waals surface area contributed by atoms with E-state index >= 15 is 0 Å². The zero-order chi connectivity index (χ0) is 18.8. The molecule has 1 aliphatic carbocycles. The van der Waals surface area contributed by atoms with Crippen LogP contribution >= 0.6 is 23.5 Å². The Balaban J connectivity index is 1.49. The minimum absolute atomic E-state index is 0.457. The predicted octanol–water partition coefficient (Wildman–Crippen LogP) is 4.83. The van der Waals surface area contributed by atoms with Gasteiger partial charge >= 0.3 is 0 Å². The lowest BCUT2D eigenvalue weighted by atomic mass is 10.2. The van der Waals surface area contributed by atoms with Gasteiger partial charge in [0, 0.05) is 24.9 Å². The van der Waals surface area contributed by atoms with E-state index in [1.165, 1.54) is 32.8 Å². The van der Waals surface area contributed by atoms with Gasteiger partial charge in [-0.1, -0.05) is 29.6 Å². The van der Waals surface area contributed by atoms with Crippen molar-refractivity contribution in [1.29, 1.82) is 0 Å². The molecule has 1 aromatic carbocycles. The molecule has 0 radical (unpaired) electrons. The number of hydrogen-bond acceptors (Lipinski definition) is 6. The molecule has 27 heavy (non-hydrogen) atoms. The number of ether oxygens (including phenoxy) is 1. The highest BCUT2D eigenvalue weighted by Gasteiger charge is 2.32. The summed E-state index contributed by atoms with van der Waals surface area (Å²) < 4.78 is 32.9. The Labute approximate surface area is 165 Å². The highest BCUT2D eigenvalue weighted by Crippen LogP contribution is 2.42. The van der Waals surface area contributed by atoms with Crippen molar-refractivity contribution in [2.24, 2.45) is 0 Å². The second-order valence-corrected chi connectivity index (χ2v) is 8.70. The third kappa shape index (κ3) is 4.34. The molecule has 2 aliphatic rings. The van der Waals surface area contributed by atoms with Gasteiger partial charge in [-0.05, 0) is 43.4 Å². The fourth-order valence-electron chi connectivity index (χ4n) is 3.30. The van der Waals surface area contributed by atoms with Crippen molar-refractivity contribution in [3.05, 3.63) is 23.8 Å². The maximum absolute atomic E-state index is 12.6. The number of aromatic nitrogens is 3. The lowest BCUT2D eigenvalue weighted by Crippen LogP contribution is -2.22. The van der Waals surface area contributed by atoms with Crippen LogP contribution in [-0.4, -0.2) is 40.7 Å². The van der Waals surface area contributed by atoms with Crippen molar-refractivity contribution in [3.63, 3.8) is 0 Å². The number of rotatable bonds is 8. The van der Waals surface area contributed by atoms with Crippen LogP contribution in [0.25, 0.3) is 0 Å². The molecule has 146 valence electrons. The second kappa shape index (κ2) is 8.26. The lowest BCUT2D eigenvalue weighted by molar-refractivity contribution is 0.251. The SMILES string of the molecule is COc1cc(CSc2nnc(N3CCCC3)n2C2CC2)ccc1SC(F)F. The van der Waals surface area contributed by atoms with Crippen LogP contribution in [0, 0.1) is 0 Å². The molecule has 2 heterocycles. The van der Waals surface area contributed by atoms with Crippen LogP contribution in [0.15, 0.2) is 28.3 Å². The van der Waals surface area contributed by atoms with E-state index in [-0.39, 0.29) is 0 Å². The molecule has 0 atom stereocenters. The van der Waals surface area contributed by atoms with Crippen molar-refractivity contribution < 1.29 is 13.5 Å². The lowest BCUT2D eigenvalue weighted by Gasteiger charge is -2.18. The summed E-state index contributed by atoms with van der Waals surface area (Å²) in [5, 5.41) is 9.83. The van der Waals surface area contributed by atoms with Gasteiger partial charge in [-0.3, -0.25) is 4.57 Å². The summed E-state index contributed by atoms with van der Waals surface area (Å²) in [7, 11) is 1.51. The van der Waals surface area contributed by atoms with Crippen molar-refractivity contribution >= 4 is 29.5 Å². The van der Waals surface area contributed by atoms with Gasteiger partial charge in [0.1, 0.15) is 5.75 Å². The van der Waals surface area contributed by atoms with Crippen LogP contribution in [0.2, 0.25) is 0 Å². The van der Waals surface area contributed by atoms with Gasteiger partial charge < -0.3 is 9.64 Å². The fourth-order valence-corrected chi connectivity index (χ4v) is 4.84. The number of thioether (sulfide) groups is 2. The Hall–Kier alpha value is -1.48. The average molecular weight is 413 g/mol. The smallest absolute Gasteiger partial charge is 0.289 e. The molecule has 9 heteroatoms. The number of hydrogen-bond donors (Lipinski definition) is 0. The number of alkyl halides is 2. The van der Waals surface area contributed by atoms with E-state index in [1.54, 1.807) is 17.8 Å². The highest BCUT2D eigenvalue weighted by atomic mass is 32.2. The molecule has 1 saturated carbocycles. The normalized spacial score (nSPS) is 17.1. The first kappa shape index (κ1) is 18.9. The number of halogens is 2. The van der Waals surface area contributed by atoms with Crippen molar-refractivity contribution in [2.45, 2.75) is 53.3 Å². The topological polar surface area (TPSA) is 43.2 Å². The third-order valence-corrected chi connectivity index (χ3v) is 6.54. The van der Waals surface area contributed by atoms with Crippen molar-refractivity contribution in [3.8, 4) is 5.75 Å². The van der Waals surface area contributed by atoms with Crippen LogP contribution < -0.4 is 9.64 Å². The minimum Gasteiger partial charge on any atom is -0.496 e. The molecule has 2 fully saturated rings. The van der Waals surface area contributed by atoms with Gasteiger partial charge in [-0.15, -0.1) is 10.2 Å². The fraction of sp³-hybridized carbons (Fsp3) is 0.556. The van der Waals surface area contributed by atoms with Gasteiger partial charge in [0.25, 0.3) is 5.76 Å². The summed E-state index contributed by atoms with van der Waals surface area (Å²) >= 11 is 2.15. The maximum Gasteiger partial charge on any atom is 0.289 e. The van der Waals surface area contributed by atoms with E-state index in [0.29, 0.717) is 34.2 Å². The summed E-state index contributed by atoms with van der Waals surface area (Å²) in [5.74, 6) is -0.278. The van der Waals surface area contributed by atoms with Crippen LogP contribution in [-0.2, 0) is 5.75 Å². The Kier molecular flexibility index (Phi) is 5.77. The van der Waals surface area contributed by atoms with Gasteiger partial charge in [0.05, 0.1) is 12.0 Å². The van der Waals surface area contributed by atoms with Crippen LogP contribution in [0.5, 0.6) is 5.75 Å². The summed E-state index contributed by atoms with van der Waals surface area (Å²) in [4.78, 5) is 2.79. The zero-order valence-electron chi connectivity index (χ0n) is 15.1. The first-order valence-corrected chi connectivity index (χ1v) is 11.0. The number of methoxy groups -OCH3 is 1. The Morgan fingerprint density at radius 2 is 2.00 bits per heavy atom. The average Bonchev–Trinajstić information content (AvgIpc) is 3.18. The largest absolute Gasteiger partial charge is 0.496 e. The molecule has 4 rings (SSSR count). The summed E-state index contributed by atoms with van der Waals surface area (Å²) in [5.41, 5.74) is 1.02. The van der Waals surface area contributed by atoms with Gasteiger partial charge in [0.15, 0.2) is 5.16 Å². The summed E-state index contributed by atoms with van der Waals surface area (Å²) in [6, 6.07) is 5.92. The molecule has 2 aromatic rings. The van der Waals surface area contributed by atoms with Crippen LogP contribution in [0.1, 0.15) is 37.3 Å². The number of nitrogens with zero attached hydrogens (tertiary/aromatic N) is 4. The molecule has 1 saturated heterocycles. The van der Waals surface area contributed by atoms with Gasteiger partial charge in [-0.25, -0.2) is 0 Å². The summed E-state index contributed by atoms with van der Waals surface area (Å²) in [6.07, 6.45) is 4.78. The first-order chi connectivity index (χ1) is 13.2. The highest BCUT2D eigenvalue weighted by molar-refractivity contribution is 7.99. The molecular formula is C18H22F2N4OS2. The molecule has 0 spiro atoms. The van der Waals surface area contributed by atoms with Crippen LogP contribution in [0.4, 0.5) is 14.7 Å². The number of anilines is 1. The van der Waals surface area contributed by atoms with E-state index in [2.05, 4.69) is 19.7 Å². The van der Waals surface area contributed by atoms with Gasteiger partial charge in [0.2, 0.25) is 5.95 Å². The van der Waals surface area contributed by atoms with Crippen molar-refractivity contribution in [1.82, 2.24) is 14.8 Å². The third-order valence-electron chi connectivity index (χ3n) is 4.76. The summed E-state index contributed by atoms with van der Waals surface area (Å²) in [6.45, 7) is 2.10. The van der Waals surface area contributed by atoms with E-state index in [1.807, 2.05) is 12.1 Å². The second-order valence-electron chi connectivity index (χ2n) is 6.73. The van der Waals surface area contributed by atoms with Gasteiger partial charge in [-0.2, -0.15) is 8.78 Å². The molecular weight excluding hydrogens is 390 g/mol. The Morgan fingerprint density at radius 1 is 1.22 bits per heavy atom. The molecule has 0 unspecified atom stereocenters. The number of benzene rings is 1. The molecule has 0 N–H and O–H groups in total. The van der Waals surface area contributed by atoms with E-state index in [4.69, 9.17) is 4.74 Å². The maximum atomic E-state index is 12.6. The van der Waals surface area contributed by atoms with E-state index < -0.39 is 5.76 Å². The minimum atomic E-state index is -2.46. The molecule has 0 bridgehead atoms. The van der Waals surface area contributed by atoms with Crippen molar-refractivity contribution in [2.75, 3.05) is 25.1 Å². The van der Waals surface area contributed by atoms with Crippen LogP contribution in [0.3, 0.4) is 0 Å². The van der Waals surface area contributed by atoms with E-state index in [0.717, 1.165) is 29.8 Å². The predicted molar refractivity (Wildman–Crippen MR) is 104 cm³/mol. The Morgan fingerprint density at radius 3 is 2.67 bits per heavy atom.